The molecule has 2 aromatic rings. The van der Waals surface area contributed by atoms with Crippen LogP contribution in [0.25, 0.3) is 0 Å². The van der Waals surface area contributed by atoms with Gasteiger partial charge in [0.25, 0.3) is 0 Å². The first-order valence-electron chi connectivity index (χ1n) is 13.4. The zero-order valence-corrected chi connectivity index (χ0v) is 24.2. The number of hydrogen-bond donors (Lipinski definition) is 1. The standard InChI is InChI=1S/C30H32N2O10S/c1-3-25(33)37-17-5-7-19-39-29(35)41-23-13-9-21(10-14-23)27-31-32-28(43-27)22-11-15-24(16-12-22)42-30(36)40-20-8-6-18-38-26(34)4-2/h3-4,9-16,27,31H,1-2,5-8,17-20H2. The van der Waals surface area contributed by atoms with Gasteiger partial charge in [0.15, 0.2) is 0 Å². The van der Waals surface area contributed by atoms with Crippen molar-refractivity contribution in [1.82, 2.24) is 5.43 Å². The monoisotopic (exact) mass is 612 g/mol. The van der Waals surface area contributed by atoms with Gasteiger partial charge in [-0.15, -0.1) is 0 Å². The molecule has 0 fully saturated rings. The molecule has 2 aromatic carbocycles. The van der Waals surface area contributed by atoms with Gasteiger partial charge in [-0.3, -0.25) is 5.43 Å². The number of hydrazone groups is 1. The molecule has 1 heterocycles. The molecular weight excluding hydrogens is 580 g/mol. The molecule has 1 aliphatic rings. The SMILES string of the molecule is C=CC(=O)OCCCCOC(=O)Oc1ccc(C2=NNC(c3ccc(OC(=O)OCCCCOC(=O)C=C)cc3)S2)cc1. The molecule has 12 nitrogen and oxygen atoms in total. The molecule has 1 unspecified atom stereocenters. The molecule has 0 aromatic heterocycles. The van der Waals surface area contributed by atoms with Crippen molar-refractivity contribution >= 4 is 41.1 Å². The summed E-state index contributed by atoms with van der Waals surface area (Å²) in [7, 11) is 0. The maximum absolute atomic E-state index is 11.9. The molecule has 228 valence electrons. The Bertz CT molecular complexity index is 1300. The number of benzene rings is 2. The lowest BCUT2D eigenvalue weighted by atomic mass is 10.2. The molecule has 3 rings (SSSR count). The van der Waals surface area contributed by atoms with Gasteiger partial charge in [-0.2, -0.15) is 5.10 Å². The Labute approximate surface area is 253 Å². The smallest absolute Gasteiger partial charge is 0.463 e. The van der Waals surface area contributed by atoms with Crippen LogP contribution in [-0.2, 0) is 28.5 Å². The first-order chi connectivity index (χ1) is 20.9. The summed E-state index contributed by atoms with van der Waals surface area (Å²) in [6.07, 6.45) is 2.66. The van der Waals surface area contributed by atoms with Crippen LogP contribution in [0.15, 0.2) is 78.9 Å². The average molecular weight is 613 g/mol. The van der Waals surface area contributed by atoms with E-state index in [1.165, 1.54) is 11.8 Å². The zero-order valence-electron chi connectivity index (χ0n) is 23.4. The normalized spacial score (nSPS) is 13.5. The lowest BCUT2D eigenvalue weighted by molar-refractivity contribution is -0.138. The van der Waals surface area contributed by atoms with E-state index in [0.29, 0.717) is 37.2 Å². The molecule has 1 aliphatic heterocycles. The predicted octanol–water partition coefficient (Wildman–Crippen LogP) is 5.43. The minimum Gasteiger partial charge on any atom is -0.463 e. The summed E-state index contributed by atoms with van der Waals surface area (Å²) in [6, 6.07) is 13.8. The highest BCUT2D eigenvalue weighted by Gasteiger charge is 2.22. The summed E-state index contributed by atoms with van der Waals surface area (Å²) in [5.74, 6) is -0.324. The van der Waals surface area contributed by atoms with Crippen molar-refractivity contribution in [1.29, 1.82) is 0 Å². The van der Waals surface area contributed by atoms with Gasteiger partial charge in [-0.25, -0.2) is 19.2 Å². The highest BCUT2D eigenvalue weighted by atomic mass is 32.2. The minimum absolute atomic E-state index is 0.137. The van der Waals surface area contributed by atoms with Crippen molar-refractivity contribution in [2.45, 2.75) is 31.1 Å². The van der Waals surface area contributed by atoms with Crippen LogP contribution in [-0.4, -0.2) is 55.7 Å². The molecule has 0 saturated heterocycles. The number of ether oxygens (including phenoxy) is 6. The third-order valence-corrected chi connectivity index (χ3v) is 6.70. The highest BCUT2D eigenvalue weighted by Crippen LogP contribution is 2.35. The second kappa shape index (κ2) is 17.9. The van der Waals surface area contributed by atoms with Gasteiger partial charge in [0.1, 0.15) is 21.9 Å². The van der Waals surface area contributed by atoms with Crippen LogP contribution in [0.5, 0.6) is 11.5 Å². The second-order valence-corrected chi connectivity index (χ2v) is 9.79. The van der Waals surface area contributed by atoms with Gasteiger partial charge in [0.05, 0.1) is 26.4 Å². The number of nitrogens with one attached hydrogen (secondary N) is 1. The Kier molecular flexibility index (Phi) is 13.6. The number of hydrogen-bond acceptors (Lipinski definition) is 13. The Morgan fingerprint density at radius 3 is 1.60 bits per heavy atom. The molecule has 43 heavy (non-hydrogen) atoms. The van der Waals surface area contributed by atoms with Crippen molar-refractivity contribution in [3.05, 3.63) is 85.0 Å². The number of nitrogens with zero attached hydrogens (tertiary/aromatic N) is 1. The Hall–Kier alpha value is -4.78. The fourth-order valence-electron chi connectivity index (χ4n) is 3.37. The van der Waals surface area contributed by atoms with Crippen LogP contribution in [0, 0.1) is 0 Å². The van der Waals surface area contributed by atoms with Crippen LogP contribution in [0.2, 0.25) is 0 Å². The van der Waals surface area contributed by atoms with E-state index in [4.69, 9.17) is 28.4 Å². The van der Waals surface area contributed by atoms with Crippen molar-refractivity contribution in [2.75, 3.05) is 26.4 Å². The lowest BCUT2D eigenvalue weighted by Gasteiger charge is -2.11. The van der Waals surface area contributed by atoms with Gasteiger partial charge < -0.3 is 28.4 Å². The van der Waals surface area contributed by atoms with Crippen LogP contribution in [0.1, 0.15) is 42.2 Å². The first-order valence-corrected chi connectivity index (χ1v) is 14.2. The predicted molar refractivity (Wildman–Crippen MR) is 158 cm³/mol. The van der Waals surface area contributed by atoms with E-state index in [1.54, 1.807) is 36.4 Å². The third-order valence-electron chi connectivity index (χ3n) is 5.54. The zero-order chi connectivity index (χ0) is 30.9. The Morgan fingerprint density at radius 1 is 0.698 bits per heavy atom. The number of carbonyl (C=O) groups excluding carboxylic acids is 4. The molecule has 13 heteroatoms. The van der Waals surface area contributed by atoms with Gasteiger partial charge in [-0.1, -0.05) is 37.1 Å². The second-order valence-electron chi connectivity index (χ2n) is 8.70. The van der Waals surface area contributed by atoms with Crippen LogP contribution in [0.3, 0.4) is 0 Å². The number of unbranched alkanes of at least 4 members (excludes halogenated alkanes) is 2. The average Bonchev–Trinajstić information content (AvgIpc) is 3.51. The summed E-state index contributed by atoms with van der Waals surface area (Å²) < 4.78 is 30.1. The van der Waals surface area contributed by atoms with Crippen LogP contribution >= 0.6 is 11.8 Å². The molecular formula is C30H32N2O10S. The van der Waals surface area contributed by atoms with Crippen LogP contribution < -0.4 is 14.9 Å². The molecule has 0 spiro atoms. The molecule has 0 bridgehead atoms. The van der Waals surface area contributed by atoms with Gasteiger partial charge in [0.2, 0.25) is 0 Å². The molecule has 0 radical (unpaired) electrons. The lowest BCUT2D eigenvalue weighted by Crippen LogP contribution is -2.12. The number of esters is 2. The summed E-state index contributed by atoms with van der Waals surface area (Å²) in [4.78, 5) is 45.7. The topological polar surface area (TPSA) is 148 Å². The summed E-state index contributed by atoms with van der Waals surface area (Å²) in [5, 5.41) is 4.99. The number of rotatable bonds is 16. The minimum atomic E-state index is -0.824. The van der Waals surface area contributed by atoms with Gasteiger partial charge >= 0.3 is 24.2 Å². The fraction of sp³-hybridized carbons (Fsp3) is 0.300. The fourth-order valence-corrected chi connectivity index (χ4v) is 4.37. The summed E-state index contributed by atoms with van der Waals surface area (Å²) >= 11 is 1.50. The van der Waals surface area contributed by atoms with Gasteiger partial charge in [0, 0.05) is 17.7 Å². The van der Waals surface area contributed by atoms with E-state index >= 15 is 0 Å². The van der Waals surface area contributed by atoms with E-state index in [1.807, 2.05) is 12.1 Å². The van der Waals surface area contributed by atoms with E-state index in [-0.39, 0.29) is 31.8 Å². The molecule has 0 amide bonds. The first kappa shape index (κ1) is 32.7. The quantitative estimate of drug-likeness (QED) is 0.0847. The number of thioether (sulfide) groups is 1. The van der Waals surface area contributed by atoms with Crippen molar-refractivity contribution in [3.63, 3.8) is 0 Å². The van der Waals surface area contributed by atoms with Crippen molar-refractivity contribution < 1.29 is 47.6 Å². The Balaban J connectivity index is 1.34. The molecule has 1 atom stereocenters. The van der Waals surface area contributed by atoms with E-state index < -0.39 is 24.2 Å². The number of carbonyl (C=O) groups is 4. The molecule has 1 N–H and O–H groups in total. The molecule has 0 saturated carbocycles. The summed E-state index contributed by atoms with van der Waals surface area (Å²) in [5.41, 5.74) is 4.82. The van der Waals surface area contributed by atoms with E-state index in [2.05, 4.69) is 23.7 Å². The van der Waals surface area contributed by atoms with Crippen molar-refractivity contribution in [2.24, 2.45) is 5.10 Å². The largest absolute Gasteiger partial charge is 0.513 e. The summed E-state index contributed by atoms with van der Waals surface area (Å²) in [6.45, 7) is 7.35. The molecule has 0 aliphatic carbocycles. The van der Waals surface area contributed by atoms with E-state index in [0.717, 1.165) is 28.3 Å². The van der Waals surface area contributed by atoms with E-state index in [9.17, 15) is 19.2 Å². The Morgan fingerprint density at radius 2 is 1.14 bits per heavy atom. The maximum atomic E-state index is 11.9. The third kappa shape index (κ3) is 11.9. The van der Waals surface area contributed by atoms with Crippen molar-refractivity contribution in [3.8, 4) is 11.5 Å². The van der Waals surface area contributed by atoms with Crippen LogP contribution in [0.4, 0.5) is 9.59 Å². The van der Waals surface area contributed by atoms with Gasteiger partial charge in [-0.05, 0) is 67.6 Å². The maximum Gasteiger partial charge on any atom is 0.513 e. The highest BCUT2D eigenvalue weighted by molar-refractivity contribution is 8.14.